The van der Waals surface area contributed by atoms with E-state index >= 15 is 0 Å². The number of aromatic nitrogens is 1. The summed E-state index contributed by atoms with van der Waals surface area (Å²) in [5, 5.41) is 2.84. The average molecular weight is 323 g/mol. The number of pyridine rings is 1. The van der Waals surface area contributed by atoms with Crippen LogP contribution in [-0.2, 0) is 4.79 Å². The van der Waals surface area contributed by atoms with Gasteiger partial charge in [-0.1, -0.05) is 24.3 Å². The summed E-state index contributed by atoms with van der Waals surface area (Å²) in [5.41, 5.74) is 4.27. The summed E-state index contributed by atoms with van der Waals surface area (Å²) < 4.78 is 6.31. The van der Waals surface area contributed by atoms with Crippen LogP contribution in [0.4, 0.5) is 0 Å². The van der Waals surface area contributed by atoms with E-state index in [1.165, 1.54) is 6.92 Å². The smallest absolute Gasteiger partial charge is 0.308 e. The maximum atomic E-state index is 11.1. The molecule has 0 unspecified atom stereocenters. The summed E-state index contributed by atoms with van der Waals surface area (Å²) in [5.74, 6) is 0.336. The van der Waals surface area contributed by atoms with E-state index in [-0.39, 0.29) is 5.97 Å². The number of thiophene rings is 1. The number of benzene rings is 1. The first kappa shape index (κ1) is 15.4. The highest BCUT2D eigenvalue weighted by Gasteiger charge is 2.07. The van der Waals surface area contributed by atoms with E-state index in [1.807, 2.05) is 37.4 Å². The van der Waals surface area contributed by atoms with Gasteiger partial charge in [0, 0.05) is 33.8 Å². The van der Waals surface area contributed by atoms with E-state index in [0.717, 1.165) is 32.6 Å². The zero-order valence-electron chi connectivity index (χ0n) is 13.3. The molecule has 0 amide bonds. The lowest BCUT2D eigenvalue weighted by Gasteiger charge is -2.01. The van der Waals surface area contributed by atoms with Crippen LogP contribution < -0.4 is 4.74 Å². The van der Waals surface area contributed by atoms with Gasteiger partial charge in [-0.3, -0.25) is 9.78 Å². The molecule has 2 heterocycles. The van der Waals surface area contributed by atoms with Crippen LogP contribution in [0.5, 0.6) is 5.75 Å². The van der Waals surface area contributed by atoms with Gasteiger partial charge >= 0.3 is 5.97 Å². The molecule has 0 N–H and O–H groups in total. The van der Waals surface area contributed by atoms with Crippen LogP contribution in [0, 0.1) is 13.8 Å². The van der Waals surface area contributed by atoms with Gasteiger partial charge in [-0.25, -0.2) is 0 Å². The standard InChI is InChI=1S/C19H17NO2S/c1-12-4-7-16(13(2)20-12)8-5-15-6-9-17-18(22-14(3)21)11-23-19(17)10-15/h4-11H,1-3H3/b8-5-. The summed E-state index contributed by atoms with van der Waals surface area (Å²) in [6, 6.07) is 10.2. The van der Waals surface area contributed by atoms with Gasteiger partial charge in [0.2, 0.25) is 0 Å². The summed E-state index contributed by atoms with van der Waals surface area (Å²) in [6.45, 7) is 5.42. The van der Waals surface area contributed by atoms with E-state index in [1.54, 1.807) is 11.3 Å². The number of esters is 1. The summed E-state index contributed by atoms with van der Waals surface area (Å²) >= 11 is 1.57. The molecule has 3 aromatic rings. The van der Waals surface area contributed by atoms with E-state index in [2.05, 4.69) is 29.3 Å². The third kappa shape index (κ3) is 3.48. The number of ether oxygens (including phenoxy) is 1. The minimum absolute atomic E-state index is 0.295. The van der Waals surface area contributed by atoms with Gasteiger partial charge in [0.15, 0.2) is 0 Å². The van der Waals surface area contributed by atoms with Crippen molar-refractivity contribution in [1.82, 2.24) is 4.98 Å². The maximum Gasteiger partial charge on any atom is 0.308 e. The van der Waals surface area contributed by atoms with Crippen LogP contribution >= 0.6 is 11.3 Å². The Bertz CT molecular complexity index is 909. The SMILES string of the molecule is CC(=O)Oc1csc2cc(/C=C\c3ccc(C)nc3C)ccc12. The fourth-order valence-corrected chi connectivity index (χ4v) is 3.33. The quantitative estimate of drug-likeness (QED) is 0.636. The van der Waals surface area contributed by atoms with Crippen molar-refractivity contribution in [3.05, 3.63) is 58.2 Å². The van der Waals surface area contributed by atoms with Crippen molar-refractivity contribution in [2.75, 3.05) is 0 Å². The Hall–Kier alpha value is -2.46. The van der Waals surface area contributed by atoms with E-state index in [9.17, 15) is 4.79 Å². The highest BCUT2D eigenvalue weighted by atomic mass is 32.1. The van der Waals surface area contributed by atoms with Gasteiger partial charge < -0.3 is 4.74 Å². The predicted molar refractivity (Wildman–Crippen MR) is 95.8 cm³/mol. The molecular weight excluding hydrogens is 306 g/mol. The molecule has 0 fully saturated rings. The Morgan fingerprint density at radius 3 is 2.74 bits per heavy atom. The molecule has 0 atom stereocenters. The Labute approximate surface area is 139 Å². The summed E-state index contributed by atoms with van der Waals surface area (Å²) in [7, 11) is 0. The largest absolute Gasteiger partial charge is 0.425 e. The first-order chi connectivity index (χ1) is 11.0. The maximum absolute atomic E-state index is 11.1. The highest BCUT2D eigenvalue weighted by molar-refractivity contribution is 7.17. The Kier molecular flexibility index (Phi) is 4.26. The van der Waals surface area contributed by atoms with Crippen molar-refractivity contribution in [2.45, 2.75) is 20.8 Å². The molecule has 0 saturated heterocycles. The van der Waals surface area contributed by atoms with Crippen LogP contribution in [0.25, 0.3) is 22.2 Å². The normalized spacial score (nSPS) is 11.3. The fraction of sp³-hybridized carbons (Fsp3) is 0.158. The fourth-order valence-electron chi connectivity index (χ4n) is 2.42. The van der Waals surface area contributed by atoms with Gasteiger partial charge in [-0.2, -0.15) is 0 Å². The van der Waals surface area contributed by atoms with E-state index in [4.69, 9.17) is 4.74 Å². The van der Waals surface area contributed by atoms with Gasteiger partial charge in [0.1, 0.15) is 5.75 Å². The first-order valence-corrected chi connectivity index (χ1v) is 8.23. The monoisotopic (exact) mass is 323 g/mol. The number of carbonyl (C=O) groups is 1. The van der Waals surface area contributed by atoms with E-state index in [0.29, 0.717) is 5.75 Å². The second-order valence-electron chi connectivity index (χ2n) is 5.41. The molecule has 2 aromatic heterocycles. The predicted octanol–water partition coefficient (Wildman–Crippen LogP) is 5.01. The van der Waals surface area contributed by atoms with Gasteiger partial charge in [-0.15, -0.1) is 11.3 Å². The number of nitrogens with zero attached hydrogens (tertiary/aromatic N) is 1. The first-order valence-electron chi connectivity index (χ1n) is 7.35. The number of carbonyl (C=O) groups excluding carboxylic acids is 1. The molecule has 0 radical (unpaired) electrons. The Morgan fingerprint density at radius 1 is 1.17 bits per heavy atom. The van der Waals surface area contributed by atoms with Gasteiger partial charge in [-0.05, 0) is 43.2 Å². The second kappa shape index (κ2) is 6.34. The molecule has 0 aliphatic rings. The molecule has 0 saturated carbocycles. The molecule has 3 rings (SSSR count). The molecule has 0 spiro atoms. The third-order valence-electron chi connectivity index (χ3n) is 3.54. The van der Waals surface area contributed by atoms with Crippen molar-refractivity contribution in [1.29, 1.82) is 0 Å². The molecule has 4 heteroatoms. The second-order valence-corrected chi connectivity index (χ2v) is 6.32. The molecule has 0 bridgehead atoms. The minimum atomic E-state index is -0.295. The Balaban J connectivity index is 1.89. The zero-order valence-corrected chi connectivity index (χ0v) is 14.1. The topological polar surface area (TPSA) is 39.2 Å². The van der Waals surface area contributed by atoms with Crippen molar-refractivity contribution in [2.24, 2.45) is 0 Å². The van der Waals surface area contributed by atoms with Crippen LogP contribution in [0.3, 0.4) is 0 Å². The molecule has 116 valence electrons. The lowest BCUT2D eigenvalue weighted by atomic mass is 10.1. The molecule has 0 aliphatic heterocycles. The summed E-state index contributed by atoms with van der Waals surface area (Å²) in [6.07, 6.45) is 4.15. The Morgan fingerprint density at radius 2 is 2.00 bits per heavy atom. The van der Waals surface area contributed by atoms with Gasteiger partial charge in [0.25, 0.3) is 0 Å². The van der Waals surface area contributed by atoms with Crippen LogP contribution in [0.15, 0.2) is 35.7 Å². The van der Waals surface area contributed by atoms with Crippen molar-refractivity contribution in [3.8, 4) is 5.75 Å². The van der Waals surface area contributed by atoms with Crippen molar-refractivity contribution in [3.63, 3.8) is 0 Å². The van der Waals surface area contributed by atoms with Crippen LogP contribution in [-0.4, -0.2) is 11.0 Å². The number of fused-ring (bicyclic) bond motifs is 1. The van der Waals surface area contributed by atoms with Gasteiger partial charge in [0.05, 0.1) is 0 Å². The van der Waals surface area contributed by atoms with E-state index < -0.39 is 0 Å². The molecule has 1 aromatic carbocycles. The molecular formula is C19H17NO2S. The van der Waals surface area contributed by atoms with Crippen LogP contribution in [0.1, 0.15) is 29.4 Å². The minimum Gasteiger partial charge on any atom is -0.425 e. The molecule has 0 aliphatic carbocycles. The number of aryl methyl sites for hydroxylation is 2. The highest BCUT2D eigenvalue weighted by Crippen LogP contribution is 2.33. The third-order valence-corrected chi connectivity index (χ3v) is 4.46. The molecule has 3 nitrogen and oxygen atoms in total. The van der Waals surface area contributed by atoms with Crippen molar-refractivity contribution < 1.29 is 9.53 Å². The lowest BCUT2D eigenvalue weighted by Crippen LogP contribution is -2.00. The zero-order chi connectivity index (χ0) is 16.4. The van der Waals surface area contributed by atoms with Crippen LogP contribution in [0.2, 0.25) is 0 Å². The summed E-state index contributed by atoms with van der Waals surface area (Å²) in [4.78, 5) is 15.6. The average Bonchev–Trinajstić information content (AvgIpc) is 2.88. The lowest BCUT2D eigenvalue weighted by molar-refractivity contribution is -0.131. The number of hydrogen-bond donors (Lipinski definition) is 0. The van der Waals surface area contributed by atoms with Crippen molar-refractivity contribution >= 4 is 39.5 Å². The molecule has 23 heavy (non-hydrogen) atoms. The number of rotatable bonds is 3. The number of hydrogen-bond acceptors (Lipinski definition) is 4.